The van der Waals surface area contributed by atoms with E-state index < -0.39 is 8.07 Å². The Morgan fingerprint density at radius 2 is 1.83 bits per heavy atom. The Hall–Kier alpha value is -0.573. The molecule has 0 unspecified atom stereocenters. The molecule has 0 aliphatic rings. The molecule has 68 valence electrons. The third-order valence-electron chi connectivity index (χ3n) is 3.03. The van der Waals surface area contributed by atoms with Gasteiger partial charge in [-0.25, -0.2) is 4.98 Å². The van der Waals surface area contributed by atoms with Gasteiger partial charge in [0, 0.05) is 12.4 Å². The Morgan fingerprint density at radius 1 is 1.25 bits per heavy atom. The fourth-order valence-corrected chi connectivity index (χ4v) is 5.05. The van der Waals surface area contributed by atoms with Gasteiger partial charge in [-0.05, 0) is 0 Å². The highest BCUT2D eigenvalue weighted by Crippen LogP contribution is 2.17. The summed E-state index contributed by atoms with van der Waals surface area (Å²) in [4.78, 5) is 7.69. The van der Waals surface area contributed by atoms with E-state index >= 15 is 0 Å². The normalized spacial score (nSPS) is 11.9. The number of hydrogen-bond donors (Lipinski definition) is 1. The molecular formula is C9H18N2Si. The molecule has 12 heavy (non-hydrogen) atoms. The van der Waals surface area contributed by atoms with Crippen LogP contribution in [0.2, 0.25) is 18.1 Å². The van der Waals surface area contributed by atoms with Crippen LogP contribution >= 0.6 is 0 Å². The van der Waals surface area contributed by atoms with E-state index in [1.165, 1.54) is 23.6 Å². The van der Waals surface area contributed by atoms with Crippen molar-refractivity contribution in [1.29, 1.82) is 0 Å². The Balaban J connectivity index is 2.93. The summed E-state index contributed by atoms with van der Waals surface area (Å²) >= 11 is 0. The molecule has 0 radical (unpaired) electrons. The first kappa shape index (κ1) is 9.51. The molecule has 1 aromatic rings. The smallest absolute Gasteiger partial charge is 0.131 e. The maximum Gasteiger partial charge on any atom is 0.131 e. The summed E-state index contributed by atoms with van der Waals surface area (Å²) in [6, 6.07) is 3.90. The number of nitrogens with one attached hydrogen (secondary N) is 1. The summed E-state index contributed by atoms with van der Waals surface area (Å²) in [5.74, 6) is 0. The van der Waals surface area contributed by atoms with Gasteiger partial charge in [-0.2, -0.15) is 0 Å². The van der Waals surface area contributed by atoms with Crippen LogP contribution in [0.1, 0.15) is 20.8 Å². The molecule has 1 rings (SSSR count). The summed E-state index contributed by atoms with van der Waals surface area (Å²) in [6.45, 7) is 6.88. The van der Waals surface area contributed by atoms with Crippen molar-refractivity contribution in [3.63, 3.8) is 0 Å². The molecule has 0 aliphatic heterocycles. The topological polar surface area (TPSA) is 28.7 Å². The molecular weight excluding hydrogens is 164 g/mol. The number of rotatable bonds is 4. The zero-order valence-electron chi connectivity index (χ0n) is 8.22. The lowest BCUT2D eigenvalue weighted by atomic mass is 10.9. The van der Waals surface area contributed by atoms with Crippen LogP contribution < -0.4 is 5.45 Å². The lowest BCUT2D eigenvalue weighted by molar-refractivity contribution is 1.16. The van der Waals surface area contributed by atoms with Crippen molar-refractivity contribution in [2.45, 2.75) is 38.9 Å². The zero-order chi connectivity index (χ0) is 9.03. The fraction of sp³-hybridized carbons (Fsp3) is 0.667. The second-order valence-corrected chi connectivity index (χ2v) is 8.43. The van der Waals surface area contributed by atoms with Gasteiger partial charge in [0.05, 0.1) is 5.45 Å². The van der Waals surface area contributed by atoms with Gasteiger partial charge in [-0.15, -0.1) is 0 Å². The molecule has 2 nitrogen and oxygen atoms in total. The van der Waals surface area contributed by atoms with Crippen LogP contribution in [0.4, 0.5) is 0 Å². The molecule has 0 fully saturated rings. The lowest BCUT2D eigenvalue weighted by Gasteiger charge is -2.24. The van der Waals surface area contributed by atoms with Crippen molar-refractivity contribution in [1.82, 2.24) is 9.97 Å². The standard InChI is InChI=1S/C9H18N2Si/c1-4-12(5-2,6-3)9-10-7-8-11-9/h7-8H,4-6H2,1-3H3,(H,10,11). The van der Waals surface area contributed by atoms with Crippen molar-refractivity contribution in [2.24, 2.45) is 0 Å². The van der Waals surface area contributed by atoms with Gasteiger partial charge in [0.1, 0.15) is 8.07 Å². The molecule has 0 spiro atoms. The minimum absolute atomic E-state index is 1.21. The van der Waals surface area contributed by atoms with Crippen molar-refractivity contribution < 1.29 is 0 Å². The van der Waals surface area contributed by atoms with E-state index in [0.29, 0.717) is 0 Å². The van der Waals surface area contributed by atoms with Gasteiger partial charge in [-0.1, -0.05) is 38.9 Å². The van der Waals surface area contributed by atoms with Crippen molar-refractivity contribution in [2.75, 3.05) is 0 Å². The summed E-state index contributed by atoms with van der Waals surface area (Å²) in [7, 11) is -1.21. The van der Waals surface area contributed by atoms with E-state index in [-0.39, 0.29) is 0 Å². The molecule has 1 heterocycles. The second-order valence-electron chi connectivity index (χ2n) is 3.28. The fourth-order valence-electron chi connectivity index (χ4n) is 1.81. The molecule has 0 aromatic carbocycles. The minimum Gasteiger partial charge on any atom is -0.353 e. The Bertz CT molecular complexity index is 206. The molecule has 0 aliphatic carbocycles. The van der Waals surface area contributed by atoms with Gasteiger partial charge in [0.2, 0.25) is 0 Å². The molecule has 0 saturated heterocycles. The number of aromatic nitrogens is 2. The Morgan fingerprint density at radius 3 is 2.17 bits per heavy atom. The lowest BCUT2D eigenvalue weighted by Crippen LogP contribution is -2.48. The maximum atomic E-state index is 4.41. The summed E-state index contributed by atoms with van der Waals surface area (Å²) in [6.07, 6.45) is 3.82. The predicted octanol–water partition coefficient (Wildman–Crippen LogP) is 2.13. The molecule has 0 atom stereocenters. The van der Waals surface area contributed by atoms with Gasteiger partial charge in [0.15, 0.2) is 0 Å². The molecule has 1 aromatic heterocycles. The number of nitrogens with zero attached hydrogens (tertiary/aromatic N) is 1. The summed E-state index contributed by atoms with van der Waals surface area (Å²) in [5, 5.41) is 0. The van der Waals surface area contributed by atoms with Gasteiger partial charge < -0.3 is 4.98 Å². The van der Waals surface area contributed by atoms with Crippen molar-refractivity contribution >= 4 is 13.5 Å². The summed E-state index contributed by atoms with van der Waals surface area (Å²) in [5.41, 5.74) is 1.29. The van der Waals surface area contributed by atoms with Crippen LogP contribution in [-0.2, 0) is 0 Å². The van der Waals surface area contributed by atoms with Crippen LogP contribution in [0.15, 0.2) is 12.4 Å². The zero-order valence-corrected chi connectivity index (χ0v) is 9.22. The van der Waals surface area contributed by atoms with Crippen molar-refractivity contribution in [3.05, 3.63) is 12.4 Å². The average molecular weight is 182 g/mol. The number of H-pyrrole nitrogens is 1. The average Bonchev–Trinajstić information content (AvgIpc) is 2.62. The molecule has 0 saturated carbocycles. The van der Waals surface area contributed by atoms with Crippen LogP contribution in [0.3, 0.4) is 0 Å². The molecule has 0 bridgehead atoms. The van der Waals surface area contributed by atoms with E-state index in [2.05, 4.69) is 30.7 Å². The SMILES string of the molecule is CC[Si](CC)(CC)c1ncc[nH]1. The predicted molar refractivity (Wildman–Crippen MR) is 55.4 cm³/mol. The first-order valence-electron chi connectivity index (χ1n) is 4.79. The first-order chi connectivity index (χ1) is 5.79. The molecule has 0 amide bonds. The monoisotopic (exact) mass is 182 g/mol. The quantitative estimate of drug-likeness (QED) is 0.710. The van der Waals surface area contributed by atoms with Crippen LogP contribution in [-0.4, -0.2) is 18.0 Å². The Kier molecular flexibility index (Phi) is 3.09. The van der Waals surface area contributed by atoms with E-state index in [1.807, 2.05) is 12.4 Å². The molecule has 3 heteroatoms. The van der Waals surface area contributed by atoms with Crippen LogP contribution in [0.25, 0.3) is 0 Å². The van der Waals surface area contributed by atoms with Gasteiger partial charge >= 0.3 is 0 Å². The minimum atomic E-state index is -1.21. The van der Waals surface area contributed by atoms with Crippen LogP contribution in [0.5, 0.6) is 0 Å². The van der Waals surface area contributed by atoms with Crippen molar-refractivity contribution in [3.8, 4) is 0 Å². The number of imidazole rings is 1. The van der Waals surface area contributed by atoms with E-state index in [0.717, 1.165) is 0 Å². The number of hydrogen-bond acceptors (Lipinski definition) is 1. The van der Waals surface area contributed by atoms with Gasteiger partial charge in [-0.3, -0.25) is 0 Å². The highest BCUT2D eigenvalue weighted by molar-refractivity contribution is 6.90. The highest BCUT2D eigenvalue weighted by atomic mass is 28.3. The maximum absolute atomic E-state index is 4.41. The second kappa shape index (κ2) is 3.89. The van der Waals surface area contributed by atoms with E-state index in [4.69, 9.17) is 0 Å². The largest absolute Gasteiger partial charge is 0.353 e. The third kappa shape index (κ3) is 1.46. The van der Waals surface area contributed by atoms with E-state index in [9.17, 15) is 0 Å². The first-order valence-corrected chi connectivity index (χ1v) is 7.41. The summed E-state index contributed by atoms with van der Waals surface area (Å²) < 4.78 is 0. The third-order valence-corrected chi connectivity index (χ3v) is 8.37. The van der Waals surface area contributed by atoms with Crippen LogP contribution in [0, 0.1) is 0 Å². The van der Waals surface area contributed by atoms with Gasteiger partial charge in [0.25, 0.3) is 0 Å². The Labute approximate surface area is 75.4 Å². The highest BCUT2D eigenvalue weighted by Gasteiger charge is 2.31. The number of aromatic amines is 1. The van der Waals surface area contributed by atoms with E-state index in [1.54, 1.807) is 0 Å². The molecule has 1 N–H and O–H groups in total.